The number of anilines is 2. The fraction of sp³-hybridized carbons (Fsp3) is 0.188. The molecule has 0 radical (unpaired) electrons. The summed E-state index contributed by atoms with van der Waals surface area (Å²) in [5, 5.41) is 19.9. The minimum Gasteiger partial charge on any atom is -0.506 e. The van der Waals surface area contributed by atoms with E-state index in [9.17, 15) is 18.3 Å². The van der Waals surface area contributed by atoms with E-state index in [1.54, 1.807) is 12.1 Å². The number of nitrogens with two attached hydrogens (primary N) is 1. The Labute approximate surface area is 140 Å². The van der Waals surface area contributed by atoms with Gasteiger partial charge in [-0.15, -0.1) is 0 Å². The Morgan fingerprint density at radius 3 is 2.33 bits per heavy atom. The highest BCUT2D eigenvalue weighted by molar-refractivity contribution is 7.89. The van der Waals surface area contributed by atoms with Crippen LogP contribution in [0.4, 0.5) is 16.2 Å². The minimum atomic E-state index is -3.94. The Kier molecular flexibility index (Phi) is 5.10. The minimum absolute atomic E-state index is 0.0546. The van der Waals surface area contributed by atoms with Crippen LogP contribution in [0.5, 0.6) is 5.75 Å². The van der Waals surface area contributed by atoms with Crippen LogP contribution in [0.2, 0.25) is 0 Å². The standard InChI is InChI=1S/C16H19N3O4S/c1-10(2)12-5-3-4-6-13(12)18-16(21)19-14-9-11(24(17,22)23)7-8-15(14)20/h3-10,20H,1-2H3,(H2,17,22,23)(H2,18,19,21). The molecule has 5 N–H and O–H groups in total. The molecule has 0 unspecified atom stereocenters. The number of urea groups is 1. The highest BCUT2D eigenvalue weighted by Gasteiger charge is 2.14. The summed E-state index contributed by atoms with van der Waals surface area (Å²) in [6.45, 7) is 4.00. The normalized spacial score (nSPS) is 11.3. The van der Waals surface area contributed by atoms with Crippen molar-refractivity contribution in [2.45, 2.75) is 24.7 Å². The molecule has 0 aromatic heterocycles. The molecule has 0 aliphatic carbocycles. The molecule has 0 heterocycles. The number of carbonyl (C=O) groups is 1. The zero-order valence-electron chi connectivity index (χ0n) is 13.3. The third-order valence-corrected chi connectivity index (χ3v) is 4.29. The van der Waals surface area contributed by atoms with Crippen LogP contribution in [-0.4, -0.2) is 19.6 Å². The summed E-state index contributed by atoms with van der Waals surface area (Å²) in [7, 11) is -3.94. The highest BCUT2D eigenvalue weighted by Crippen LogP contribution is 2.27. The Balaban J connectivity index is 2.22. The van der Waals surface area contributed by atoms with E-state index in [0.717, 1.165) is 23.8 Å². The summed E-state index contributed by atoms with van der Waals surface area (Å²) in [6, 6.07) is 10.1. The van der Waals surface area contributed by atoms with E-state index in [-0.39, 0.29) is 22.3 Å². The van der Waals surface area contributed by atoms with Crippen LogP contribution < -0.4 is 15.8 Å². The molecule has 0 fully saturated rings. The van der Waals surface area contributed by atoms with Crippen molar-refractivity contribution in [2.75, 3.05) is 10.6 Å². The number of benzene rings is 2. The molecule has 2 aromatic carbocycles. The molecule has 8 heteroatoms. The number of phenols is 1. The number of rotatable bonds is 4. The predicted molar refractivity (Wildman–Crippen MR) is 92.7 cm³/mol. The molecule has 0 atom stereocenters. The van der Waals surface area contributed by atoms with E-state index in [2.05, 4.69) is 10.6 Å². The van der Waals surface area contributed by atoms with Gasteiger partial charge >= 0.3 is 6.03 Å². The smallest absolute Gasteiger partial charge is 0.323 e. The van der Waals surface area contributed by atoms with Crippen molar-refractivity contribution in [3.8, 4) is 5.75 Å². The quantitative estimate of drug-likeness (QED) is 0.634. The number of carbonyl (C=O) groups excluding carboxylic acids is 1. The first-order valence-electron chi connectivity index (χ1n) is 7.21. The molecule has 2 amide bonds. The van der Waals surface area contributed by atoms with Crippen molar-refractivity contribution in [3.63, 3.8) is 0 Å². The lowest BCUT2D eigenvalue weighted by molar-refractivity contribution is 0.262. The van der Waals surface area contributed by atoms with E-state index >= 15 is 0 Å². The van der Waals surface area contributed by atoms with Gasteiger partial charge in [-0.25, -0.2) is 18.4 Å². The molecule has 2 aromatic rings. The van der Waals surface area contributed by atoms with Crippen LogP contribution >= 0.6 is 0 Å². The van der Waals surface area contributed by atoms with Gasteiger partial charge in [0.1, 0.15) is 5.75 Å². The highest BCUT2D eigenvalue weighted by atomic mass is 32.2. The third-order valence-electron chi connectivity index (χ3n) is 3.38. The fourth-order valence-corrected chi connectivity index (χ4v) is 2.72. The van der Waals surface area contributed by atoms with E-state index in [0.29, 0.717) is 5.69 Å². The van der Waals surface area contributed by atoms with Crippen LogP contribution in [0, 0.1) is 0 Å². The second kappa shape index (κ2) is 6.90. The molecular weight excluding hydrogens is 330 g/mol. The molecule has 2 rings (SSSR count). The van der Waals surface area contributed by atoms with Gasteiger partial charge in [-0.1, -0.05) is 32.0 Å². The van der Waals surface area contributed by atoms with Crippen molar-refractivity contribution in [3.05, 3.63) is 48.0 Å². The first-order chi connectivity index (χ1) is 11.2. The van der Waals surface area contributed by atoms with Crippen LogP contribution in [0.15, 0.2) is 47.4 Å². The zero-order chi connectivity index (χ0) is 17.9. The van der Waals surface area contributed by atoms with Crippen LogP contribution in [0.25, 0.3) is 0 Å². The third kappa shape index (κ3) is 4.24. The van der Waals surface area contributed by atoms with Gasteiger partial charge < -0.3 is 15.7 Å². The summed E-state index contributed by atoms with van der Waals surface area (Å²) in [6.07, 6.45) is 0. The summed E-state index contributed by atoms with van der Waals surface area (Å²) in [5.74, 6) is -0.0599. The van der Waals surface area contributed by atoms with E-state index in [4.69, 9.17) is 5.14 Å². The number of aromatic hydroxyl groups is 1. The van der Waals surface area contributed by atoms with Crippen molar-refractivity contribution >= 4 is 27.4 Å². The average molecular weight is 349 g/mol. The number of nitrogens with one attached hydrogen (secondary N) is 2. The van der Waals surface area contributed by atoms with Gasteiger partial charge in [-0.2, -0.15) is 0 Å². The van der Waals surface area contributed by atoms with Crippen molar-refractivity contribution in [2.24, 2.45) is 5.14 Å². The fourth-order valence-electron chi connectivity index (χ4n) is 2.18. The molecule has 0 aliphatic heterocycles. The van der Waals surface area contributed by atoms with Gasteiger partial charge in [-0.3, -0.25) is 0 Å². The number of hydrogen-bond donors (Lipinski definition) is 4. The second-order valence-corrected chi connectivity index (χ2v) is 7.11. The number of hydrogen-bond acceptors (Lipinski definition) is 4. The maximum atomic E-state index is 12.2. The largest absolute Gasteiger partial charge is 0.506 e. The van der Waals surface area contributed by atoms with E-state index < -0.39 is 16.1 Å². The van der Waals surface area contributed by atoms with Gasteiger partial charge in [0.05, 0.1) is 10.6 Å². The maximum absolute atomic E-state index is 12.2. The molecule has 0 saturated heterocycles. The molecular formula is C16H19N3O4S. The first-order valence-corrected chi connectivity index (χ1v) is 8.76. The number of primary sulfonamides is 1. The lowest BCUT2D eigenvalue weighted by Crippen LogP contribution is -2.21. The van der Waals surface area contributed by atoms with Gasteiger partial charge in [-0.05, 0) is 35.7 Å². The first kappa shape index (κ1) is 17.8. The van der Waals surface area contributed by atoms with Crippen molar-refractivity contribution in [1.82, 2.24) is 0 Å². The molecule has 0 aliphatic rings. The Morgan fingerprint density at radius 1 is 1.08 bits per heavy atom. The van der Waals surface area contributed by atoms with E-state index in [1.165, 1.54) is 0 Å². The Bertz CT molecular complexity index is 863. The molecule has 24 heavy (non-hydrogen) atoms. The topological polar surface area (TPSA) is 122 Å². The SMILES string of the molecule is CC(C)c1ccccc1NC(=O)Nc1cc(S(N)(=O)=O)ccc1O. The van der Waals surface area contributed by atoms with Gasteiger partial charge in [0.15, 0.2) is 0 Å². The van der Waals surface area contributed by atoms with Crippen molar-refractivity contribution in [1.29, 1.82) is 0 Å². The molecule has 0 bridgehead atoms. The van der Waals surface area contributed by atoms with Crippen LogP contribution in [0.1, 0.15) is 25.3 Å². The number of amides is 2. The lowest BCUT2D eigenvalue weighted by Gasteiger charge is -2.15. The molecule has 128 valence electrons. The number of phenolic OH excluding ortho intramolecular Hbond substituents is 1. The van der Waals surface area contributed by atoms with Crippen LogP contribution in [0.3, 0.4) is 0 Å². The Morgan fingerprint density at radius 2 is 1.71 bits per heavy atom. The zero-order valence-corrected chi connectivity index (χ0v) is 14.1. The lowest BCUT2D eigenvalue weighted by atomic mass is 10.0. The monoisotopic (exact) mass is 349 g/mol. The van der Waals surface area contributed by atoms with Crippen molar-refractivity contribution < 1.29 is 18.3 Å². The predicted octanol–water partition coefficient (Wildman–Crippen LogP) is 2.81. The second-order valence-electron chi connectivity index (χ2n) is 5.55. The number of para-hydroxylation sites is 1. The maximum Gasteiger partial charge on any atom is 0.323 e. The number of sulfonamides is 1. The van der Waals surface area contributed by atoms with Gasteiger partial charge in [0.2, 0.25) is 10.0 Å². The van der Waals surface area contributed by atoms with Gasteiger partial charge in [0.25, 0.3) is 0 Å². The van der Waals surface area contributed by atoms with Gasteiger partial charge in [0, 0.05) is 5.69 Å². The Hall–Kier alpha value is -2.58. The summed E-state index contributed by atoms with van der Waals surface area (Å²) >= 11 is 0. The summed E-state index contributed by atoms with van der Waals surface area (Å²) < 4.78 is 22.7. The summed E-state index contributed by atoms with van der Waals surface area (Å²) in [5.41, 5.74) is 1.53. The summed E-state index contributed by atoms with van der Waals surface area (Å²) in [4.78, 5) is 11.9. The van der Waals surface area contributed by atoms with E-state index in [1.807, 2.05) is 26.0 Å². The molecule has 0 spiro atoms. The molecule has 7 nitrogen and oxygen atoms in total. The molecule has 0 saturated carbocycles. The van der Waals surface area contributed by atoms with Crippen LogP contribution in [-0.2, 0) is 10.0 Å². The average Bonchev–Trinajstić information content (AvgIpc) is 2.48.